The molecule has 0 aliphatic carbocycles. The molecule has 0 atom stereocenters. The summed E-state index contributed by atoms with van der Waals surface area (Å²) in [6, 6.07) is 10.4. The summed E-state index contributed by atoms with van der Waals surface area (Å²) >= 11 is 0. The molecule has 0 heterocycles. The number of rotatable bonds is 6. The topological polar surface area (TPSA) is 63.2 Å². The smallest absolute Gasteiger partial charge is 0.341 e. The molecule has 0 spiro atoms. The van der Waals surface area contributed by atoms with Crippen LogP contribution < -0.4 is 5.32 Å². The van der Waals surface area contributed by atoms with E-state index >= 15 is 0 Å². The standard InChI is InChI=1S/C16H14F3NO3S/c17-14-4-2-1-3-11(14)9-10-20-15(21)12-5-7-13(8-6-12)24(22,23)16(18)19/h1-8,16H,9-10H2,(H,20,21). The molecule has 0 aliphatic heterocycles. The second-order valence-corrected chi connectivity index (χ2v) is 6.85. The summed E-state index contributed by atoms with van der Waals surface area (Å²) in [5.41, 5.74) is 0.577. The van der Waals surface area contributed by atoms with Crippen LogP contribution in [0.3, 0.4) is 0 Å². The van der Waals surface area contributed by atoms with Gasteiger partial charge in [0.2, 0.25) is 9.84 Å². The Labute approximate surface area is 137 Å². The number of alkyl halides is 2. The molecule has 4 nitrogen and oxygen atoms in total. The van der Waals surface area contributed by atoms with E-state index in [9.17, 15) is 26.4 Å². The highest BCUT2D eigenvalue weighted by Gasteiger charge is 2.26. The number of benzene rings is 2. The third-order valence-corrected chi connectivity index (χ3v) is 4.72. The second kappa shape index (κ2) is 7.48. The minimum absolute atomic E-state index is 0.122. The fraction of sp³-hybridized carbons (Fsp3) is 0.188. The number of carbonyl (C=O) groups excluding carboxylic acids is 1. The second-order valence-electron chi connectivity index (χ2n) is 4.93. The average molecular weight is 357 g/mol. The van der Waals surface area contributed by atoms with Crippen molar-refractivity contribution < 1.29 is 26.4 Å². The zero-order valence-corrected chi connectivity index (χ0v) is 13.2. The average Bonchev–Trinajstić information content (AvgIpc) is 2.56. The lowest BCUT2D eigenvalue weighted by atomic mass is 10.1. The molecule has 1 N–H and O–H groups in total. The van der Waals surface area contributed by atoms with Crippen molar-refractivity contribution in [1.82, 2.24) is 5.32 Å². The molecule has 0 radical (unpaired) electrons. The lowest BCUT2D eigenvalue weighted by molar-refractivity contribution is 0.0954. The van der Waals surface area contributed by atoms with Crippen molar-refractivity contribution in [2.24, 2.45) is 0 Å². The summed E-state index contributed by atoms with van der Waals surface area (Å²) in [6.45, 7) is 0.177. The van der Waals surface area contributed by atoms with Crippen molar-refractivity contribution in [3.8, 4) is 0 Å². The van der Waals surface area contributed by atoms with Gasteiger partial charge in [0, 0.05) is 12.1 Å². The lowest BCUT2D eigenvalue weighted by Crippen LogP contribution is -2.26. The van der Waals surface area contributed by atoms with Crippen molar-refractivity contribution in [2.75, 3.05) is 6.54 Å². The maximum atomic E-state index is 13.4. The Morgan fingerprint density at radius 2 is 1.67 bits per heavy atom. The zero-order chi connectivity index (χ0) is 17.7. The highest BCUT2D eigenvalue weighted by molar-refractivity contribution is 7.91. The molecule has 0 saturated carbocycles. The van der Waals surface area contributed by atoms with Crippen LogP contribution in [0.5, 0.6) is 0 Å². The van der Waals surface area contributed by atoms with Gasteiger partial charge in [0.25, 0.3) is 5.91 Å². The van der Waals surface area contributed by atoms with E-state index in [4.69, 9.17) is 0 Å². The normalized spacial score (nSPS) is 11.5. The summed E-state index contributed by atoms with van der Waals surface area (Å²) in [5, 5.41) is 2.55. The summed E-state index contributed by atoms with van der Waals surface area (Å²) in [4.78, 5) is 11.4. The first-order valence-electron chi connectivity index (χ1n) is 6.96. The summed E-state index contributed by atoms with van der Waals surface area (Å²) in [7, 11) is -4.68. The fourth-order valence-electron chi connectivity index (χ4n) is 2.01. The maximum absolute atomic E-state index is 13.4. The van der Waals surface area contributed by atoms with E-state index in [2.05, 4.69) is 5.32 Å². The molecule has 0 unspecified atom stereocenters. The quantitative estimate of drug-likeness (QED) is 0.865. The number of hydrogen-bond donors (Lipinski definition) is 1. The Morgan fingerprint density at radius 3 is 2.25 bits per heavy atom. The Kier molecular flexibility index (Phi) is 5.61. The molecule has 1 amide bonds. The van der Waals surface area contributed by atoms with Gasteiger partial charge >= 0.3 is 5.76 Å². The monoisotopic (exact) mass is 357 g/mol. The van der Waals surface area contributed by atoms with E-state index in [1.54, 1.807) is 18.2 Å². The molecule has 2 rings (SSSR count). The van der Waals surface area contributed by atoms with Gasteiger partial charge in [0.15, 0.2) is 0 Å². The van der Waals surface area contributed by atoms with Gasteiger partial charge in [-0.05, 0) is 42.3 Å². The molecule has 0 aliphatic rings. The molecule has 24 heavy (non-hydrogen) atoms. The van der Waals surface area contributed by atoms with Crippen LogP contribution in [0.25, 0.3) is 0 Å². The zero-order valence-electron chi connectivity index (χ0n) is 12.4. The first-order valence-corrected chi connectivity index (χ1v) is 8.50. The third-order valence-electron chi connectivity index (χ3n) is 3.32. The predicted molar refractivity (Wildman–Crippen MR) is 82.1 cm³/mol. The molecule has 0 fully saturated rings. The van der Waals surface area contributed by atoms with Crippen molar-refractivity contribution >= 4 is 15.7 Å². The largest absolute Gasteiger partial charge is 0.352 e. The Bertz CT molecular complexity index is 821. The van der Waals surface area contributed by atoms with Crippen LogP contribution in [0.4, 0.5) is 13.2 Å². The molecular formula is C16H14F3NO3S. The first-order chi connectivity index (χ1) is 11.3. The van der Waals surface area contributed by atoms with E-state index in [1.807, 2.05) is 0 Å². The summed E-state index contributed by atoms with van der Waals surface area (Å²) < 4.78 is 60.8. The van der Waals surface area contributed by atoms with Crippen molar-refractivity contribution in [3.05, 3.63) is 65.5 Å². The Morgan fingerprint density at radius 1 is 1.04 bits per heavy atom. The number of nitrogens with one attached hydrogen (secondary N) is 1. The molecule has 2 aromatic carbocycles. The highest BCUT2D eigenvalue weighted by Crippen LogP contribution is 2.18. The van der Waals surface area contributed by atoms with E-state index in [0.717, 1.165) is 24.3 Å². The Hall–Kier alpha value is -2.35. The van der Waals surface area contributed by atoms with Gasteiger partial charge in [-0.2, -0.15) is 8.78 Å². The van der Waals surface area contributed by atoms with Crippen LogP contribution >= 0.6 is 0 Å². The third kappa shape index (κ3) is 4.14. The molecule has 0 aromatic heterocycles. The molecule has 2 aromatic rings. The first kappa shape index (κ1) is 18.0. The number of halogens is 3. The van der Waals surface area contributed by atoms with Crippen LogP contribution in [0.2, 0.25) is 0 Å². The van der Waals surface area contributed by atoms with Gasteiger partial charge in [-0.3, -0.25) is 4.79 Å². The summed E-state index contributed by atoms with van der Waals surface area (Å²) in [5.74, 6) is -4.39. The molecule has 0 saturated heterocycles. The number of sulfone groups is 1. The SMILES string of the molecule is O=C(NCCc1ccccc1F)c1ccc(S(=O)(=O)C(F)F)cc1. The van der Waals surface area contributed by atoms with Crippen molar-refractivity contribution in [3.63, 3.8) is 0 Å². The van der Waals surface area contributed by atoms with Gasteiger partial charge < -0.3 is 5.32 Å². The minimum Gasteiger partial charge on any atom is -0.352 e. The fourth-order valence-corrected chi connectivity index (χ4v) is 2.73. The van der Waals surface area contributed by atoms with Crippen LogP contribution in [0, 0.1) is 5.82 Å². The van der Waals surface area contributed by atoms with E-state index in [0.29, 0.717) is 5.56 Å². The van der Waals surface area contributed by atoms with Gasteiger partial charge in [0.05, 0.1) is 4.90 Å². The van der Waals surface area contributed by atoms with E-state index in [1.165, 1.54) is 6.07 Å². The maximum Gasteiger partial charge on any atom is 0.341 e. The van der Waals surface area contributed by atoms with Crippen molar-refractivity contribution in [2.45, 2.75) is 17.1 Å². The van der Waals surface area contributed by atoms with Gasteiger partial charge in [-0.15, -0.1) is 0 Å². The number of carbonyl (C=O) groups is 1. The van der Waals surface area contributed by atoms with Crippen LogP contribution in [-0.4, -0.2) is 26.6 Å². The number of hydrogen-bond acceptors (Lipinski definition) is 3. The van der Waals surface area contributed by atoms with Crippen LogP contribution in [-0.2, 0) is 16.3 Å². The van der Waals surface area contributed by atoms with Gasteiger partial charge in [-0.1, -0.05) is 18.2 Å². The number of amides is 1. The molecular weight excluding hydrogens is 343 g/mol. The molecule has 128 valence electrons. The van der Waals surface area contributed by atoms with Crippen LogP contribution in [0.1, 0.15) is 15.9 Å². The van der Waals surface area contributed by atoms with E-state index in [-0.39, 0.29) is 24.3 Å². The molecule has 8 heteroatoms. The molecule has 0 bridgehead atoms. The summed E-state index contributed by atoms with van der Waals surface area (Å²) in [6.07, 6.45) is 0.288. The lowest BCUT2D eigenvalue weighted by Gasteiger charge is -2.07. The van der Waals surface area contributed by atoms with E-state index < -0.39 is 26.4 Å². The predicted octanol–water partition coefficient (Wildman–Crippen LogP) is 2.79. The highest BCUT2D eigenvalue weighted by atomic mass is 32.2. The Balaban J connectivity index is 1.97. The van der Waals surface area contributed by atoms with Gasteiger partial charge in [0.1, 0.15) is 5.82 Å². The van der Waals surface area contributed by atoms with Crippen LogP contribution in [0.15, 0.2) is 53.4 Å². The van der Waals surface area contributed by atoms with Gasteiger partial charge in [-0.25, -0.2) is 12.8 Å². The van der Waals surface area contributed by atoms with Crippen molar-refractivity contribution in [1.29, 1.82) is 0 Å². The minimum atomic E-state index is -4.68.